The Bertz CT molecular complexity index is 4260. The summed E-state index contributed by atoms with van der Waals surface area (Å²) in [7, 11) is -31.1. The van der Waals surface area contributed by atoms with Gasteiger partial charge in [0.2, 0.25) is 11.9 Å². The number of benzene rings is 2. The number of aromatic amines is 2. The van der Waals surface area contributed by atoms with E-state index in [0.29, 0.717) is 22.5 Å². The van der Waals surface area contributed by atoms with Crippen LogP contribution in [-0.2, 0) is 72.6 Å². The standard InChI is InChI=1S/2C21H29N8O16P3/c1-23-11-5-3-2-4-10(11)17(31)24-6-7-25-21(33)43-15-12(8-41-47(37,38)45-48(39,40)44-46(34,35)36)42-19(14(15)30)29-9-26-13-16(29)27-20(22)28-18(13)32;1-23-11-5-3-2-4-10(11)17(31)24-6-7-25-21(33)43-15-14(30)12(8-41-47(37,38)45-48(39,40)44-46(34,35)36)42-19(15)29-9-26-13-16(29)27-20(22)28-18(13)32/h2*2-5,9,12,14-15,19,23,30H,6-8H2,1H3,(H,24,31)(H,25,33)(H,37,38)(H,39,40)(H2,34,35,36)(H3,22,27,28,32)/t2*12-,14-,15-,19-/m11/s1. The average molecular weight is 1480 g/mol. The molecule has 48 nitrogen and oxygen atoms in total. The first-order valence-corrected chi connectivity index (χ1v) is 35.5. The second kappa shape index (κ2) is 31.3. The summed E-state index contributed by atoms with van der Waals surface area (Å²) in [4.78, 5) is 168. The second-order valence-corrected chi connectivity index (χ2v) is 28.0. The van der Waals surface area contributed by atoms with E-state index in [9.17, 15) is 85.9 Å². The lowest BCUT2D eigenvalue weighted by Gasteiger charge is -2.22. The summed E-state index contributed by atoms with van der Waals surface area (Å²) < 4.78 is 117. The van der Waals surface area contributed by atoms with Crippen molar-refractivity contribution in [3.63, 3.8) is 0 Å². The van der Waals surface area contributed by atoms with Crippen LogP contribution in [0.2, 0.25) is 0 Å². The normalized spacial score (nSPS) is 22.0. The molecule has 2 saturated heterocycles. The Morgan fingerprint density at radius 2 is 0.927 bits per heavy atom. The minimum absolute atomic E-state index is 0.0556. The number of para-hydroxylation sites is 2. The van der Waals surface area contributed by atoms with Crippen molar-refractivity contribution < 1.29 is 141 Å². The van der Waals surface area contributed by atoms with Gasteiger partial charge in [0, 0.05) is 51.6 Å². The number of rotatable bonds is 28. The summed E-state index contributed by atoms with van der Waals surface area (Å²) in [5.41, 5.74) is 10.7. The summed E-state index contributed by atoms with van der Waals surface area (Å²) in [6.45, 7) is -2.71. The summed E-state index contributed by atoms with van der Waals surface area (Å²) in [5, 5.41) is 37.7. The highest BCUT2D eigenvalue weighted by Crippen LogP contribution is 2.67. The first kappa shape index (κ1) is 75.9. The van der Waals surface area contributed by atoms with E-state index >= 15 is 0 Å². The lowest BCUT2D eigenvalue weighted by molar-refractivity contribution is -0.0522. The molecule has 8 rings (SSSR count). The molecule has 6 heterocycles. The minimum atomic E-state index is -5.87. The zero-order valence-electron chi connectivity index (χ0n) is 48.6. The zero-order valence-corrected chi connectivity index (χ0v) is 54.0. The highest BCUT2D eigenvalue weighted by Gasteiger charge is 2.52. The number of anilines is 4. The summed E-state index contributed by atoms with van der Waals surface area (Å²) in [6.07, 6.45) is -13.9. The summed E-state index contributed by atoms with van der Waals surface area (Å²) >= 11 is 0. The number of phosphoric ester groups is 2. The number of imidazole rings is 2. The number of ether oxygens (including phenoxy) is 4. The van der Waals surface area contributed by atoms with Gasteiger partial charge in [-0.25, -0.2) is 46.9 Å². The molecule has 2 aromatic carbocycles. The number of phosphoric acid groups is 6. The molecule has 2 aliphatic rings. The van der Waals surface area contributed by atoms with Crippen molar-refractivity contribution in [2.24, 2.45) is 0 Å². The summed E-state index contributed by atoms with van der Waals surface area (Å²) in [5.74, 6) is -1.57. The van der Waals surface area contributed by atoms with Crippen LogP contribution < -0.4 is 54.5 Å². The smallest absolute Gasteiger partial charge is 0.440 e. The Balaban J connectivity index is 0.000000271. The first-order chi connectivity index (χ1) is 44.8. The van der Waals surface area contributed by atoms with Crippen LogP contribution in [0.1, 0.15) is 33.2 Å². The highest BCUT2D eigenvalue weighted by molar-refractivity contribution is 7.67. The quantitative estimate of drug-likeness (QED) is 0.0182. The van der Waals surface area contributed by atoms with Gasteiger partial charge in [0.15, 0.2) is 47.0 Å². The largest absolute Gasteiger partial charge is 0.490 e. The number of aliphatic hydroxyl groups is 2. The topological polar surface area (TPSA) is 717 Å². The third-order valence-electron chi connectivity index (χ3n) is 12.4. The Hall–Kier alpha value is -7.52. The number of alkyl carbamates (subject to hydrolysis) is 2. The molecular formula is C42H58N16O32P6. The lowest BCUT2D eigenvalue weighted by atomic mass is 10.1. The fourth-order valence-corrected chi connectivity index (χ4v) is 14.7. The predicted octanol–water partition coefficient (Wildman–Crippen LogP) is -2.26. The van der Waals surface area contributed by atoms with Gasteiger partial charge in [0.1, 0.15) is 24.4 Å². The van der Waals surface area contributed by atoms with E-state index in [4.69, 9.17) is 50.0 Å². The molecule has 0 radical (unpaired) electrons. The van der Waals surface area contributed by atoms with Gasteiger partial charge in [-0.3, -0.25) is 47.3 Å². The number of hydrogen-bond donors (Lipinski definition) is 20. The van der Waals surface area contributed by atoms with Gasteiger partial charge in [0.25, 0.3) is 22.9 Å². The van der Waals surface area contributed by atoms with Crippen LogP contribution in [0.3, 0.4) is 0 Å². The number of aromatic nitrogens is 8. The molecule has 0 saturated carbocycles. The molecule has 4 aromatic heterocycles. The van der Waals surface area contributed by atoms with E-state index in [1.807, 2.05) is 0 Å². The number of aliphatic hydroxyl groups excluding tert-OH is 2. The van der Waals surface area contributed by atoms with Crippen molar-refractivity contribution in [2.45, 2.75) is 49.1 Å². The lowest BCUT2D eigenvalue weighted by Crippen LogP contribution is -2.42. The first-order valence-electron chi connectivity index (χ1n) is 26.5. The number of nitrogen functional groups attached to an aromatic ring is 2. The van der Waals surface area contributed by atoms with Crippen molar-refractivity contribution >= 4 is 117 Å². The molecule has 2 aliphatic heterocycles. The number of fused-ring (bicyclic) bond motifs is 2. The number of nitrogens with zero attached hydrogens (tertiary/aromatic N) is 6. The molecule has 6 aromatic rings. The number of carbonyl (C=O) groups is 4. The maximum atomic E-state index is 12.7. The van der Waals surface area contributed by atoms with Crippen LogP contribution in [0.15, 0.2) is 70.8 Å². The van der Waals surface area contributed by atoms with Crippen LogP contribution in [-0.4, -0.2) is 203 Å². The minimum Gasteiger partial charge on any atom is -0.440 e. The molecule has 54 heteroatoms. The fourth-order valence-electron chi connectivity index (χ4n) is 8.64. The number of hydrogen-bond acceptors (Lipinski definition) is 32. The molecule has 528 valence electrons. The van der Waals surface area contributed by atoms with E-state index in [1.165, 1.54) is 0 Å². The highest BCUT2D eigenvalue weighted by atomic mass is 31.3. The maximum absolute atomic E-state index is 12.7. The molecule has 96 heavy (non-hydrogen) atoms. The molecule has 0 bridgehead atoms. The van der Waals surface area contributed by atoms with Crippen LogP contribution in [0.4, 0.5) is 32.9 Å². The van der Waals surface area contributed by atoms with Gasteiger partial charge in [0.05, 0.1) is 37.0 Å². The third-order valence-corrected chi connectivity index (χ3v) is 20.0. The molecule has 4 amide bonds. The molecule has 12 atom stereocenters. The SMILES string of the molecule is CNc1ccccc1C(=O)NCCNC(=O)O[C@@H]1[C@H](O)[C@@H](COP(=O)(O)OP(=O)(O)OP(=O)(O)O)O[C@H]1n1cnc2c(=O)[nH]c(N)nc21.CNc1ccccc1C(=O)NCCNC(=O)O[C@H]1[C@@H](O)[C@H](n2cnc3c(=O)[nH]c(N)nc32)O[C@@H]1COP(=O)(O)OP(=O)(O)OP(=O)(O)O. The number of carbonyl (C=O) groups excluding carboxylic acids is 4. The number of nitrogens with one attached hydrogen (secondary N) is 8. The van der Waals surface area contributed by atoms with Gasteiger partial charge in [-0.05, 0) is 24.3 Å². The number of amides is 4. The van der Waals surface area contributed by atoms with Crippen molar-refractivity contribution in [2.75, 3.05) is 75.6 Å². The van der Waals surface area contributed by atoms with Crippen molar-refractivity contribution in [3.05, 3.63) is 93.0 Å². The summed E-state index contributed by atoms with van der Waals surface area (Å²) in [6, 6.07) is 13.3. The van der Waals surface area contributed by atoms with Crippen molar-refractivity contribution in [1.29, 1.82) is 0 Å². The van der Waals surface area contributed by atoms with Crippen LogP contribution in [0.5, 0.6) is 0 Å². The average Bonchev–Trinajstić information content (AvgIpc) is 1.62. The molecule has 2 fully saturated rings. The molecule has 4 unspecified atom stereocenters. The van der Waals surface area contributed by atoms with Crippen LogP contribution >= 0.6 is 46.9 Å². The third kappa shape index (κ3) is 20.8. The van der Waals surface area contributed by atoms with Gasteiger partial charge in [-0.1, -0.05) is 24.3 Å². The van der Waals surface area contributed by atoms with E-state index in [2.05, 4.69) is 88.1 Å². The second-order valence-electron chi connectivity index (χ2n) is 19.1. The van der Waals surface area contributed by atoms with Crippen molar-refractivity contribution in [1.82, 2.24) is 60.3 Å². The Morgan fingerprint density at radius 3 is 1.35 bits per heavy atom. The van der Waals surface area contributed by atoms with Gasteiger partial charge in [-0.15, -0.1) is 0 Å². The fraction of sp³-hybridized carbons (Fsp3) is 0.381. The predicted molar refractivity (Wildman–Crippen MR) is 318 cm³/mol. The van der Waals surface area contributed by atoms with Gasteiger partial charge >= 0.3 is 59.1 Å². The molecule has 0 aliphatic carbocycles. The van der Waals surface area contributed by atoms with Gasteiger partial charge in [-0.2, -0.15) is 27.2 Å². The van der Waals surface area contributed by atoms with Crippen molar-refractivity contribution in [3.8, 4) is 0 Å². The number of nitrogens with two attached hydrogens (primary N) is 2. The Labute approximate surface area is 534 Å². The van der Waals surface area contributed by atoms with E-state index < -0.39 is 144 Å². The van der Waals surface area contributed by atoms with Crippen LogP contribution in [0.25, 0.3) is 22.3 Å². The Morgan fingerprint density at radius 1 is 0.542 bits per heavy atom. The zero-order chi connectivity index (χ0) is 70.9. The van der Waals surface area contributed by atoms with E-state index in [1.54, 1.807) is 62.6 Å². The molecule has 0 spiro atoms. The van der Waals surface area contributed by atoms with Gasteiger partial charge < -0.3 is 112 Å². The molecular weight excluding hydrogens is 1430 g/mol. The van der Waals surface area contributed by atoms with Crippen LogP contribution in [0, 0.1) is 0 Å². The van der Waals surface area contributed by atoms with E-state index in [0.717, 1.165) is 21.8 Å². The Kier molecular flexibility index (Phi) is 24.8. The maximum Gasteiger partial charge on any atom is 0.490 e. The van der Waals surface area contributed by atoms with E-state index in [-0.39, 0.29) is 60.4 Å². The monoisotopic (exact) mass is 1480 g/mol. The molecule has 22 N–H and O–H groups in total. The number of H-pyrrole nitrogens is 2.